The first-order valence-corrected chi connectivity index (χ1v) is 8.83. The zero-order valence-electron chi connectivity index (χ0n) is 14.1. The predicted octanol–water partition coefficient (Wildman–Crippen LogP) is 3.02. The maximum Gasteiger partial charge on any atom is 0.260 e. The minimum Gasteiger partial charge on any atom is -0.493 e. The molecule has 0 saturated carbocycles. The van der Waals surface area contributed by atoms with Crippen LogP contribution < -0.4 is 20.1 Å². The summed E-state index contributed by atoms with van der Waals surface area (Å²) >= 11 is 1.44. The number of aromatic nitrogens is 1. The number of nitrogens with one attached hydrogen (secondary N) is 2. The van der Waals surface area contributed by atoms with E-state index in [1.54, 1.807) is 6.20 Å². The van der Waals surface area contributed by atoms with Crippen molar-refractivity contribution in [2.75, 3.05) is 32.6 Å². The molecule has 134 valence electrons. The van der Waals surface area contributed by atoms with Gasteiger partial charge in [-0.3, -0.25) is 10.1 Å². The van der Waals surface area contributed by atoms with E-state index in [4.69, 9.17) is 9.47 Å². The molecule has 8 heteroatoms. The van der Waals surface area contributed by atoms with Gasteiger partial charge in [-0.05, 0) is 37.9 Å². The maximum atomic E-state index is 14.2. The van der Waals surface area contributed by atoms with Crippen LogP contribution in [0.1, 0.15) is 34.0 Å². The van der Waals surface area contributed by atoms with Crippen molar-refractivity contribution in [3.8, 4) is 11.5 Å². The van der Waals surface area contributed by atoms with Gasteiger partial charge in [0.2, 0.25) is 0 Å². The number of piperidine rings is 1. The van der Waals surface area contributed by atoms with Crippen molar-refractivity contribution in [2.24, 2.45) is 0 Å². The fourth-order valence-electron chi connectivity index (χ4n) is 2.83. The Hall–Kier alpha value is -2.19. The highest BCUT2D eigenvalue weighted by molar-refractivity contribution is 7.15. The second-order valence-electron chi connectivity index (χ2n) is 5.73. The number of methoxy groups -OCH3 is 2. The number of rotatable bonds is 5. The van der Waals surface area contributed by atoms with Gasteiger partial charge in [0.15, 0.2) is 16.6 Å². The van der Waals surface area contributed by atoms with Crippen molar-refractivity contribution in [1.29, 1.82) is 0 Å². The molecule has 2 heterocycles. The van der Waals surface area contributed by atoms with Gasteiger partial charge in [0, 0.05) is 17.1 Å². The minimum atomic E-state index is -0.676. The number of ether oxygens (including phenoxy) is 2. The van der Waals surface area contributed by atoms with E-state index in [9.17, 15) is 9.18 Å². The molecule has 0 unspecified atom stereocenters. The van der Waals surface area contributed by atoms with Crippen molar-refractivity contribution >= 4 is 22.4 Å². The lowest BCUT2D eigenvalue weighted by molar-refractivity contribution is 0.102. The predicted molar refractivity (Wildman–Crippen MR) is 94.4 cm³/mol. The number of amides is 1. The van der Waals surface area contributed by atoms with Crippen LogP contribution in [-0.2, 0) is 0 Å². The van der Waals surface area contributed by atoms with Gasteiger partial charge in [-0.25, -0.2) is 9.37 Å². The van der Waals surface area contributed by atoms with Crippen molar-refractivity contribution in [1.82, 2.24) is 10.3 Å². The number of nitrogens with zero attached hydrogens (tertiary/aromatic N) is 1. The number of anilines is 1. The summed E-state index contributed by atoms with van der Waals surface area (Å²) in [5.74, 6) is -0.250. The van der Waals surface area contributed by atoms with Crippen LogP contribution in [0.2, 0.25) is 0 Å². The molecule has 3 rings (SSSR count). The van der Waals surface area contributed by atoms with Gasteiger partial charge in [0.25, 0.3) is 5.91 Å². The summed E-state index contributed by atoms with van der Waals surface area (Å²) in [5.41, 5.74) is -0.115. The molecule has 2 N–H and O–H groups in total. The number of carbonyl (C=O) groups excluding carboxylic acids is 1. The lowest BCUT2D eigenvalue weighted by atomic mass is 9.97. The highest BCUT2D eigenvalue weighted by Crippen LogP contribution is 2.33. The van der Waals surface area contributed by atoms with E-state index >= 15 is 0 Å². The number of carbonyl (C=O) groups is 1. The van der Waals surface area contributed by atoms with E-state index in [2.05, 4.69) is 15.6 Å². The number of hydrogen-bond donors (Lipinski definition) is 2. The van der Waals surface area contributed by atoms with Gasteiger partial charge in [-0.15, -0.1) is 11.3 Å². The Morgan fingerprint density at radius 3 is 2.64 bits per heavy atom. The fraction of sp³-hybridized carbons (Fsp3) is 0.412. The van der Waals surface area contributed by atoms with Crippen LogP contribution in [0.5, 0.6) is 11.5 Å². The second-order valence-corrected chi connectivity index (χ2v) is 6.80. The molecule has 0 radical (unpaired) electrons. The molecule has 0 spiro atoms. The molecule has 1 aromatic carbocycles. The van der Waals surface area contributed by atoms with E-state index in [0.717, 1.165) is 36.9 Å². The van der Waals surface area contributed by atoms with E-state index in [1.165, 1.54) is 31.6 Å². The minimum absolute atomic E-state index is 0.115. The van der Waals surface area contributed by atoms with Gasteiger partial charge < -0.3 is 14.8 Å². The maximum absolute atomic E-state index is 14.2. The lowest BCUT2D eigenvalue weighted by Gasteiger charge is -2.20. The number of hydrogen-bond acceptors (Lipinski definition) is 6. The molecule has 0 atom stereocenters. The van der Waals surface area contributed by atoms with Crippen LogP contribution in [-0.4, -0.2) is 38.2 Å². The average Bonchev–Trinajstić information content (AvgIpc) is 3.10. The Labute approximate surface area is 149 Å². The summed E-state index contributed by atoms with van der Waals surface area (Å²) in [6, 6.07) is 2.46. The topological polar surface area (TPSA) is 72.5 Å². The van der Waals surface area contributed by atoms with Gasteiger partial charge in [-0.2, -0.15) is 0 Å². The van der Waals surface area contributed by atoms with Crippen LogP contribution in [0.15, 0.2) is 18.3 Å². The lowest BCUT2D eigenvalue weighted by Crippen LogP contribution is -2.26. The van der Waals surface area contributed by atoms with E-state index in [-0.39, 0.29) is 11.3 Å². The number of halogens is 1. The molecule has 0 aliphatic carbocycles. The molecule has 25 heavy (non-hydrogen) atoms. The quantitative estimate of drug-likeness (QED) is 0.852. The normalized spacial score (nSPS) is 15.0. The third kappa shape index (κ3) is 3.91. The van der Waals surface area contributed by atoms with E-state index in [1.807, 2.05) is 0 Å². The standard InChI is InChI=1S/C17H20FN3O3S/c1-23-13-7-11(12(18)8-14(13)24-2)16(22)21-17-20-9-15(25-17)10-3-5-19-6-4-10/h7-10,19H,3-6H2,1-2H3,(H,20,21,22). The molecule has 1 fully saturated rings. The Balaban J connectivity index is 1.75. The van der Waals surface area contributed by atoms with E-state index in [0.29, 0.717) is 16.8 Å². The zero-order chi connectivity index (χ0) is 17.8. The molecular formula is C17H20FN3O3S. The molecular weight excluding hydrogens is 345 g/mol. The van der Waals surface area contributed by atoms with Crippen molar-refractivity contribution < 1.29 is 18.7 Å². The first-order chi connectivity index (χ1) is 12.1. The summed E-state index contributed by atoms with van der Waals surface area (Å²) in [6.07, 6.45) is 3.90. The summed E-state index contributed by atoms with van der Waals surface area (Å²) in [5, 5.41) is 6.45. The molecule has 1 saturated heterocycles. The largest absolute Gasteiger partial charge is 0.493 e. The molecule has 0 bridgehead atoms. The van der Waals surface area contributed by atoms with E-state index < -0.39 is 11.7 Å². The van der Waals surface area contributed by atoms with Gasteiger partial charge >= 0.3 is 0 Å². The van der Waals surface area contributed by atoms with Gasteiger partial charge in [-0.1, -0.05) is 0 Å². The highest BCUT2D eigenvalue weighted by Gasteiger charge is 2.21. The molecule has 1 aliphatic heterocycles. The summed E-state index contributed by atoms with van der Waals surface area (Å²) in [7, 11) is 2.85. The van der Waals surface area contributed by atoms with Crippen molar-refractivity contribution in [3.05, 3.63) is 34.6 Å². The second kappa shape index (κ2) is 7.79. The smallest absolute Gasteiger partial charge is 0.260 e. The molecule has 1 aromatic heterocycles. The first kappa shape index (κ1) is 17.6. The van der Waals surface area contributed by atoms with Gasteiger partial charge in [0.05, 0.1) is 19.8 Å². The zero-order valence-corrected chi connectivity index (χ0v) is 14.9. The van der Waals surface area contributed by atoms with Crippen LogP contribution in [0, 0.1) is 5.82 Å². The Morgan fingerprint density at radius 2 is 1.96 bits per heavy atom. The van der Waals surface area contributed by atoms with Crippen LogP contribution in [0.3, 0.4) is 0 Å². The summed E-state index contributed by atoms with van der Waals surface area (Å²) < 4.78 is 24.3. The van der Waals surface area contributed by atoms with Crippen molar-refractivity contribution in [3.63, 3.8) is 0 Å². The molecule has 2 aromatic rings. The summed E-state index contributed by atoms with van der Waals surface area (Å²) in [4.78, 5) is 17.8. The van der Waals surface area contributed by atoms with Gasteiger partial charge in [0.1, 0.15) is 5.82 Å². The van der Waals surface area contributed by atoms with Crippen molar-refractivity contribution in [2.45, 2.75) is 18.8 Å². The molecule has 6 nitrogen and oxygen atoms in total. The summed E-state index contributed by atoms with van der Waals surface area (Å²) in [6.45, 7) is 1.97. The monoisotopic (exact) mass is 365 g/mol. The Kier molecular flexibility index (Phi) is 5.50. The number of thiazole rings is 1. The third-order valence-corrected chi connectivity index (χ3v) is 5.28. The number of benzene rings is 1. The first-order valence-electron chi connectivity index (χ1n) is 8.01. The Morgan fingerprint density at radius 1 is 1.28 bits per heavy atom. The SMILES string of the molecule is COc1cc(F)c(C(=O)Nc2ncc(C3CCNCC3)s2)cc1OC. The van der Waals surface area contributed by atoms with Crippen LogP contribution in [0.25, 0.3) is 0 Å². The van der Waals surface area contributed by atoms with Crippen LogP contribution in [0.4, 0.5) is 9.52 Å². The average molecular weight is 365 g/mol. The Bertz CT molecular complexity index is 760. The third-order valence-electron chi connectivity index (χ3n) is 4.20. The highest BCUT2D eigenvalue weighted by atomic mass is 32.1. The molecule has 1 aliphatic rings. The molecule has 1 amide bonds. The fourth-order valence-corrected chi connectivity index (χ4v) is 3.81. The van der Waals surface area contributed by atoms with Crippen LogP contribution >= 0.6 is 11.3 Å².